The zero-order valence-electron chi connectivity index (χ0n) is 9.06. The van der Waals surface area contributed by atoms with E-state index in [2.05, 4.69) is 34.8 Å². The van der Waals surface area contributed by atoms with Crippen molar-refractivity contribution in [2.75, 3.05) is 0 Å². The summed E-state index contributed by atoms with van der Waals surface area (Å²) in [5, 5.41) is 0. The fraction of sp³-hybridized carbons (Fsp3) is 0.308. The van der Waals surface area contributed by atoms with Gasteiger partial charge in [0.1, 0.15) is 0 Å². The maximum atomic E-state index is 4.33. The van der Waals surface area contributed by atoms with Gasteiger partial charge in [0.2, 0.25) is 0 Å². The SMILES string of the molecule is CCCC/C=C/n1cnc2ccccc21. The average molecular weight is 200 g/mol. The van der Waals surface area contributed by atoms with Gasteiger partial charge in [-0.3, -0.25) is 0 Å². The molecule has 1 heterocycles. The highest BCUT2D eigenvalue weighted by Gasteiger charge is 1.96. The summed E-state index contributed by atoms with van der Waals surface area (Å²) in [7, 11) is 0. The van der Waals surface area contributed by atoms with Crippen molar-refractivity contribution in [3.05, 3.63) is 36.7 Å². The molecular weight excluding hydrogens is 184 g/mol. The second-order valence-corrected chi connectivity index (χ2v) is 3.67. The lowest BCUT2D eigenvalue weighted by Gasteiger charge is -1.95. The van der Waals surface area contributed by atoms with Crippen LogP contribution in [0.3, 0.4) is 0 Å². The monoisotopic (exact) mass is 200 g/mol. The van der Waals surface area contributed by atoms with Gasteiger partial charge < -0.3 is 4.57 Å². The standard InChI is InChI=1S/C13H16N2/c1-2-3-4-7-10-15-11-14-12-8-5-6-9-13(12)15/h5-11H,2-4H2,1H3/b10-7+. The molecule has 2 heteroatoms. The largest absolute Gasteiger partial charge is 0.306 e. The van der Waals surface area contributed by atoms with Gasteiger partial charge in [-0.05, 0) is 18.6 Å². The predicted molar refractivity (Wildman–Crippen MR) is 64.6 cm³/mol. The molecule has 0 saturated heterocycles. The van der Waals surface area contributed by atoms with Gasteiger partial charge in [-0.1, -0.05) is 38.0 Å². The van der Waals surface area contributed by atoms with Gasteiger partial charge in [-0.25, -0.2) is 4.98 Å². The molecule has 0 radical (unpaired) electrons. The van der Waals surface area contributed by atoms with Crippen LogP contribution in [0.15, 0.2) is 36.7 Å². The number of nitrogens with zero attached hydrogens (tertiary/aromatic N) is 2. The lowest BCUT2D eigenvalue weighted by atomic mass is 10.2. The molecule has 2 nitrogen and oxygen atoms in total. The highest BCUT2D eigenvalue weighted by atomic mass is 15.0. The van der Waals surface area contributed by atoms with E-state index in [0.29, 0.717) is 0 Å². The Kier molecular flexibility index (Phi) is 3.18. The number of hydrogen-bond donors (Lipinski definition) is 0. The van der Waals surface area contributed by atoms with E-state index >= 15 is 0 Å². The summed E-state index contributed by atoms with van der Waals surface area (Å²) >= 11 is 0. The van der Waals surface area contributed by atoms with Crippen molar-refractivity contribution in [2.24, 2.45) is 0 Å². The second-order valence-electron chi connectivity index (χ2n) is 3.67. The van der Waals surface area contributed by atoms with Gasteiger partial charge in [0, 0.05) is 6.20 Å². The number of rotatable bonds is 4. The maximum Gasteiger partial charge on any atom is 0.0999 e. The molecule has 0 amide bonds. The summed E-state index contributed by atoms with van der Waals surface area (Å²) in [6.45, 7) is 2.21. The van der Waals surface area contributed by atoms with Gasteiger partial charge >= 0.3 is 0 Å². The van der Waals surface area contributed by atoms with Crippen LogP contribution in [0.2, 0.25) is 0 Å². The number of hydrogen-bond acceptors (Lipinski definition) is 1. The number of imidazole rings is 1. The Morgan fingerprint density at radius 3 is 3.07 bits per heavy atom. The molecule has 0 N–H and O–H groups in total. The van der Waals surface area contributed by atoms with Gasteiger partial charge in [-0.2, -0.15) is 0 Å². The molecule has 0 spiro atoms. The van der Waals surface area contributed by atoms with E-state index in [1.54, 1.807) is 0 Å². The lowest BCUT2D eigenvalue weighted by Crippen LogP contribution is -1.82. The molecule has 1 aromatic carbocycles. The van der Waals surface area contributed by atoms with Crippen molar-refractivity contribution >= 4 is 17.2 Å². The Bertz CT molecular complexity index is 454. The molecule has 0 unspecified atom stereocenters. The third-order valence-corrected chi connectivity index (χ3v) is 2.47. The molecule has 0 aliphatic heterocycles. The zero-order chi connectivity index (χ0) is 10.5. The van der Waals surface area contributed by atoms with Crippen molar-refractivity contribution in [3.8, 4) is 0 Å². The molecule has 0 atom stereocenters. The van der Waals surface area contributed by atoms with Crippen molar-refractivity contribution in [1.29, 1.82) is 0 Å². The van der Waals surface area contributed by atoms with Crippen molar-refractivity contribution in [3.63, 3.8) is 0 Å². The maximum absolute atomic E-state index is 4.33. The fourth-order valence-electron chi connectivity index (χ4n) is 1.61. The zero-order valence-corrected chi connectivity index (χ0v) is 9.06. The van der Waals surface area contributed by atoms with Gasteiger partial charge in [0.05, 0.1) is 17.4 Å². The summed E-state index contributed by atoms with van der Waals surface area (Å²) in [5.74, 6) is 0. The summed E-state index contributed by atoms with van der Waals surface area (Å²) in [6.07, 6.45) is 9.82. The summed E-state index contributed by atoms with van der Waals surface area (Å²) in [6, 6.07) is 8.18. The molecule has 0 bridgehead atoms. The molecule has 2 rings (SSSR count). The number of fused-ring (bicyclic) bond motifs is 1. The van der Waals surface area contributed by atoms with Crippen LogP contribution in [-0.2, 0) is 0 Å². The molecule has 15 heavy (non-hydrogen) atoms. The molecule has 2 aromatic rings. The summed E-state index contributed by atoms with van der Waals surface area (Å²) < 4.78 is 2.07. The first kappa shape index (κ1) is 9.97. The van der Waals surface area contributed by atoms with E-state index in [0.717, 1.165) is 11.9 Å². The van der Waals surface area contributed by atoms with Crippen LogP contribution in [0.4, 0.5) is 0 Å². The number of unbranched alkanes of at least 4 members (excludes halogenated alkanes) is 2. The Balaban J connectivity index is 2.17. The smallest absolute Gasteiger partial charge is 0.0999 e. The van der Waals surface area contributed by atoms with E-state index in [1.165, 1.54) is 18.4 Å². The Morgan fingerprint density at radius 1 is 1.33 bits per heavy atom. The minimum absolute atomic E-state index is 1.05. The topological polar surface area (TPSA) is 17.8 Å². The molecule has 0 aliphatic carbocycles. The Morgan fingerprint density at radius 2 is 2.20 bits per heavy atom. The van der Waals surface area contributed by atoms with Crippen LogP contribution in [0.1, 0.15) is 26.2 Å². The first-order valence-corrected chi connectivity index (χ1v) is 5.50. The summed E-state index contributed by atoms with van der Waals surface area (Å²) in [4.78, 5) is 4.33. The van der Waals surface area contributed by atoms with Crippen molar-refractivity contribution in [2.45, 2.75) is 26.2 Å². The number of allylic oxidation sites excluding steroid dienone is 1. The molecule has 78 valence electrons. The fourth-order valence-corrected chi connectivity index (χ4v) is 1.61. The van der Waals surface area contributed by atoms with E-state index in [1.807, 2.05) is 24.5 Å². The molecule has 1 aromatic heterocycles. The van der Waals surface area contributed by atoms with Crippen LogP contribution < -0.4 is 0 Å². The predicted octanol–water partition coefficient (Wildman–Crippen LogP) is 3.70. The minimum atomic E-state index is 1.05. The summed E-state index contributed by atoms with van der Waals surface area (Å²) in [5.41, 5.74) is 2.22. The lowest BCUT2D eigenvalue weighted by molar-refractivity contribution is 0.815. The molecule has 0 aliphatic rings. The van der Waals surface area contributed by atoms with Crippen LogP contribution in [0.5, 0.6) is 0 Å². The van der Waals surface area contributed by atoms with E-state index in [-0.39, 0.29) is 0 Å². The second kappa shape index (κ2) is 4.78. The third kappa shape index (κ3) is 2.27. The van der Waals surface area contributed by atoms with E-state index in [9.17, 15) is 0 Å². The minimum Gasteiger partial charge on any atom is -0.306 e. The first-order valence-electron chi connectivity index (χ1n) is 5.50. The van der Waals surface area contributed by atoms with Gasteiger partial charge in [-0.15, -0.1) is 0 Å². The highest BCUT2D eigenvalue weighted by Crippen LogP contribution is 2.12. The van der Waals surface area contributed by atoms with Crippen LogP contribution in [0.25, 0.3) is 17.2 Å². The highest BCUT2D eigenvalue weighted by molar-refractivity contribution is 5.77. The third-order valence-electron chi connectivity index (χ3n) is 2.47. The Hall–Kier alpha value is -1.57. The van der Waals surface area contributed by atoms with Crippen molar-refractivity contribution in [1.82, 2.24) is 9.55 Å². The van der Waals surface area contributed by atoms with Crippen LogP contribution >= 0.6 is 0 Å². The Labute approximate surface area is 90.3 Å². The molecule has 0 saturated carbocycles. The number of aromatic nitrogens is 2. The van der Waals surface area contributed by atoms with Gasteiger partial charge in [0.15, 0.2) is 0 Å². The van der Waals surface area contributed by atoms with Crippen LogP contribution in [-0.4, -0.2) is 9.55 Å². The van der Waals surface area contributed by atoms with Gasteiger partial charge in [0.25, 0.3) is 0 Å². The number of para-hydroxylation sites is 2. The van der Waals surface area contributed by atoms with E-state index in [4.69, 9.17) is 0 Å². The van der Waals surface area contributed by atoms with Crippen molar-refractivity contribution < 1.29 is 0 Å². The molecular formula is C13H16N2. The molecule has 0 fully saturated rings. The number of benzene rings is 1. The quantitative estimate of drug-likeness (QED) is 0.688. The first-order chi connectivity index (χ1) is 7.42. The normalized spacial score (nSPS) is 11.5. The average Bonchev–Trinajstić information content (AvgIpc) is 2.68. The van der Waals surface area contributed by atoms with Crippen LogP contribution in [0, 0.1) is 0 Å². The van der Waals surface area contributed by atoms with E-state index < -0.39 is 0 Å².